The Kier molecular flexibility index (Phi) is 4.56. The minimum atomic E-state index is -0.950. The lowest BCUT2D eigenvalue weighted by atomic mass is 10.1. The number of benzene rings is 3. The number of nitrogens with one attached hydrogen (secondary N) is 1. The normalized spacial score (nSPS) is 11.5. The lowest BCUT2D eigenvalue weighted by Crippen LogP contribution is -1.99. The number of amides is 1. The summed E-state index contributed by atoms with van der Waals surface area (Å²) in [6.45, 7) is 0. The Morgan fingerprint density at radius 1 is 0.879 bits per heavy atom. The van der Waals surface area contributed by atoms with Crippen LogP contribution in [0.2, 0.25) is 0 Å². The van der Waals surface area contributed by atoms with E-state index in [9.17, 15) is 25.0 Å². The van der Waals surface area contributed by atoms with Crippen LogP contribution in [0, 0.1) is 20.2 Å². The summed E-state index contributed by atoms with van der Waals surface area (Å²) in [6.07, 6.45) is 0. The standard InChI is InChI=1S/C22H12N6O5/c29-22(12-9-13(27(30)31)11-14(10-12)28(32)33)26-25-20-16-6-2-1-5-15(16)19-21(20)24-18-8-4-3-7-17(18)23-19/h1-11,24H. The first-order valence-corrected chi connectivity index (χ1v) is 9.61. The second kappa shape index (κ2) is 7.57. The van der Waals surface area contributed by atoms with E-state index in [1.54, 1.807) is 0 Å². The summed E-state index contributed by atoms with van der Waals surface area (Å²) < 4.78 is 0. The Labute approximate surface area is 184 Å². The second-order valence-electron chi connectivity index (χ2n) is 7.13. The molecule has 1 N–H and O–H groups in total. The number of para-hydroxylation sites is 2. The Hall–Kier alpha value is -5.06. The smallest absolute Gasteiger partial charge is 0.295 e. The fraction of sp³-hybridized carbons (Fsp3) is 0. The minimum absolute atomic E-state index is 0.313. The van der Waals surface area contributed by atoms with Crippen molar-refractivity contribution in [1.82, 2.24) is 9.97 Å². The first kappa shape index (κ1) is 19.9. The number of fused-ring (bicyclic) bond motifs is 4. The summed E-state index contributed by atoms with van der Waals surface area (Å²) in [5.41, 5.74) is 1.61. The highest BCUT2D eigenvalue weighted by Gasteiger charge is 2.22. The number of aromatic nitrogens is 2. The molecule has 33 heavy (non-hydrogen) atoms. The maximum atomic E-state index is 12.6. The fourth-order valence-corrected chi connectivity index (χ4v) is 3.63. The van der Waals surface area contributed by atoms with Gasteiger partial charge < -0.3 is 4.98 Å². The minimum Gasteiger partial charge on any atom is -0.350 e. The van der Waals surface area contributed by atoms with E-state index in [0.29, 0.717) is 22.5 Å². The highest BCUT2D eigenvalue weighted by molar-refractivity contribution is 6.11. The third-order valence-electron chi connectivity index (χ3n) is 5.12. The van der Waals surface area contributed by atoms with Crippen molar-refractivity contribution in [3.05, 3.63) is 92.5 Å². The van der Waals surface area contributed by atoms with Crippen molar-refractivity contribution in [3.8, 4) is 11.4 Å². The van der Waals surface area contributed by atoms with Gasteiger partial charge in [0.2, 0.25) is 0 Å². The maximum Gasteiger partial charge on any atom is 0.295 e. The number of rotatable bonds is 4. The maximum absolute atomic E-state index is 12.6. The van der Waals surface area contributed by atoms with E-state index in [1.807, 2.05) is 48.5 Å². The SMILES string of the molecule is O=C(N=Nc1c2[nH]c3ccccc3nc-2c2ccccc12)c1cc([N+](=O)[O-])cc([N+](=O)[O-])c1. The molecular formula is C22H12N6O5. The Bertz CT molecular complexity index is 1570. The van der Waals surface area contributed by atoms with E-state index in [4.69, 9.17) is 4.98 Å². The van der Waals surface area contributed by atoms with Gasteiger partial charge in [0.05, 0.1) is 43.9 Å². The molecule has 3 aromatic carbocycles. The molecule has 1 heterocycles. The molecule has 0 fully saturated rings. The molecule has 0 radical (unpaired) electrons. The van der Waals surface area contributed by atoms with Crippen LogP contribution in [0.15, 0.2) is 77.0 Å². The average Bonchev–Trinajstić information content (AvgIpc) is 3.13. The predicted octanol–water partition coefficient (Wildman–Crippen LogP) is 5.56. The first-order valence-electron chi connectivity index (χ1n) is 9.61. The van der Waals surface area contributed by atoms with Gasteiger partial charge in [0, 0.05) is 22.9 Å². The second-order valence-corrected chi connectivity index (χ2v) is 7.13. The molecular weight excluding hydrogens is 428 g/mol. The van der Waals surface area contributed by atoms with Crippen molar-refractivity contribution in [1.29, 1.82) is 0 Å². The molecule has 11 nitrogen and oxygen atoms in total. The summed E-state index contributed by atoms with van der Waals surface area (Å²) >= 11 is 0. The van der Waals surface area contributed by atoms with Crippen LogP contribution in [0.3, 0.4) is 0 Å². The molecule has 0 unspecified atom stereocenters. The number of nitrogens with zero attached hydrogens (tertiary/aromatic N) is 5. The average molecular weight is 440 g/mol. The molecule has 3 aromatic rings. The first-order chi connectivity index (χ1) is 15.9. The van der Waals surface area contributed by atoms with Crippen molar-refractivity contribution in [2.75, 3.05) is 0 Å². The summed E-state index contributed by atoms with van der Waals surface area (Å²) in [5, 5.41) is 31.5. The monoisotopic (exact) mass is 440 g/mol. The van der Waals surface area contributed by atoms with Crippen molar-refractivity contribution < 1.29 is 14.6 Å². The lowest BCUT2D eigenvalue weighted by Gasteiger charge is -2.04. The van der Waals surface area contributed by atoms with Crippen LogP contribution >= 0.6 is 0 Å². The van der Waals surface area contributed by atoms with Crippen molar-refractivity contribution in [3.63, 3.8) is 0 Å². The van der Waals surface area contributed by atoms with Gasteiger partial charge in [-0.3, -0.25) is 25.0 Å². The number of carbonyl (C=O) groups excluding carboxylic acids is 1. The van der Waals surface area contributed by atoms with Crippen LogP contribution in [0.4, 0.5) is 17.1 Å². The largest absolute Gasteiger partial charge is 0.350 e. The van der Waals surface area contributed by atoms with Gasteiger partial charge in [-0.1, -0.05) is 36.4 Å². The van der Waals surface area contributed by atoms with Gasteiger partial charge in [-0.15, -0.1) is 10.2 Å². The quantitative estimate of drug-likeness (QED) is 0.219. The third kappa shape index (κ3) is 3.43. The van der Waals surface area contributed by atoms with Gasteiger partial charge in [-0.05, 0) is 12.1 Å². The van der Waals surface area contributed by atoms with Crippen molar-refractivity contribution in [2.24, 2.45) is 10.2 Å². The molecule has 0 saturated carbocycles. The molecule has 0 bridgehead atoms. The zero-order chi connectivity index (χ0) is 23.1. The molecule has 160 valence electrons. The molecule has 0 aromatic heterocycles. The number of H-pyrrole nitrogens is 1. The highest BCUT2D eigenvalue weighted by Crippen LogP contribution is 2.43. The predicted molar refractivity (Wildman–Crippen MR) is 119 cm³/mol. The van der Waals surface area contributed by atoms with Crippen LogP contribution in [0.5, 0.6) is 0 Å². The molecule has 5 rings (SSSR count). The van der Waals surface area contributed by atoms with E-state index < -0.39 is 27.1 Å². The molecule has 1 aliphatic heterocycles. The molecule has 2 aliphatic rings. The fourth-order valence-electron chi connectivity index (χ4n) is 3.63. The number of nitro benzene ring substituents is 2. The summed E-state index contributed by atoms with van der Waals surface area (Å²) in [6, 6.07) is 17.4. The third-order valence-corrected chi connectivity index (χ3v) is 5.12. The van der Waals surface area contributed by atoms with Crippen LogP contribution in [0.25, 0.3) is 33.2 Å². The molecule has 1 amide bonds. The zero-order valence-corrected chi connectivity index (χ0v) is 16.6. The molecule has 11 heteroatoms. The topological polar surface area (TPSA) is 157 Å². The van der Waals surface area contributed by atoms with E-state index >= 15 is 0 Å². The van der Waals surface area contributed by atoms with E-state index in [-0.39, 0.29) is 5.56 Å². The highest BCUT2D eigenvalue weighted by atomic mass is 16.6. The van der Waals surface area contributed by atoms with Crippen LogP contribution in [-0.2, 0) is 0 Å². The Morgan fingerprint density at radius 2 is 1.52 bits per heavy atom. The molecule has 1 aliphatic carbocycles. The van der Waals surface area contributed by atoms with Gasteiger partial charge >= 0.3 is 0 Å². The molecule has 0 saturated heterocycles. The van der Waals surface area contributed by atoms with Crippen LogP contribution in [0.1, 0.15) is 10.4 Å². The van der Waals surface area contributed by atoms with Gasteiger partial charge in [0.25, 0.3) is 17.3 Å². The lowest BCUT2D eigenvalue weighted by molar-refractivity contribution is -0.394. The van der Waals surface area contributed by atoms with Gasteiger partial charge in [0.15, 0.2) is 0 Å². The van der Waals surface area contributed by atoms with E-state index in [2.05, 4.69) is 15.2 Å². The Morgan fingerprint density at radius 3 is 2.21 bits per heavy atom. The van der Waals surface area contributed by atoms with Gasteiger partial charge in [-0.2, -0.15) is 0 Å². The van der Waals surface area contributed by atoms with Gasteiger partial charge in [0.1, 0.15) is 5.69 Å². The summed E-state index contributed by atoms with van der Waals surface area (Å²) in [5.74, 6) is -0.950. The number of non-ortho nitro benzene ring substituents is 2. The number of carbonyl (C=O) groups is 1. The van der Waals surface area contributed by atoms with Crippen molar-refractivity contribution in [2.45, 2.75) is 0 Å². The number of nitro groups is 2. The molecule has 0 spiro atoms. The van der Waals surface area contributed by atoms with E-state index in [1.165, 1.54) is 0 Å². The van der Waals surface area contributed by atoms with Crippen LogP contribution < -0.4 is 0 Å². The summed E-state index contributed by atoms with van der Waals surface area (Å²) in [4.78, 5) is 41.2. The number of aromatic amines is 1. The van der Waals surface area contributed by atoms with Crippen molar-refractivity contribution >= 4 is 44.8 Å². The number of hydrogen-bond acceptors (Lipinski definition) is 7. The van der Waals surface area contributed by atoms with Crippen LogP contribution in [-0.4, -0.2) is 25.7 Å². The Balaban J connectivity index is 1.64. The zero-order valence-electron chi connectivity index (χ0n) is 16.6. The van der Waals surface area contributed by atoms with E-state index in [0.717, 1.165) is 34.6 Å². The number of hydrogen-bond donors (Lipinski definition) is 1. The summed E-state index contributed by atoms with van der Waals surface area (Å²) in [7, 11) is 0. The molecule has 0 atom stereocenters. The number of azo groups is 1. The van der Waals surface area contributed by atoms with Gasteiger partial charge in [-0.25, -0.2) is 4.98 Å².